The molecular weight excluding hydrogens is 380 g/mol. The number of hydrogen-bond donors (Lipinski definition) is 1. The molecule has 3 rings (SSSR count). The molecule has 1 amide bonds. The number of hydrogen-bond acceptors (Lipinski definition) is 5. The van der Waals surface area contributed by atoms with Crippen molar-refractivity contribution in [3.05, 3.63) is 74.8 Å². The maximum atomic E-state index is 12.3. The average Bonchev–Trinajstić information content (AvgIpc) is 2.70. The Morgan fingerprint density at radius 3 is 2.54 bits per heavy atom. The predicted molar refractivity (Wildman–Crippen MR) is 108 cm³/mol. The van der Waals surface area contributed by atoms with Gasteiger partial charge in [-0.15, -0.1) is 0 Å². The van der Waals surface area contributed by atoms with Crippen molar-refractivity contribution in [2.24, 2.45) is 11.0 Å². The Labute approximate surface area is 168 Å². The third kappa shape index (κ3) is 5.37. The molecule has 1 aliphatic rings. The lowest BCUT2D eigenvalue weighted by Gasteiger charge is -2.30. The van der Waals surface area contributed by atoms with E-state index in [4.69, 9.17) is 11.6 Å². The molecule has 2 aromatic carbocycles. The molecule has 146 valence electrons. The third-order valence-electron chi connectivity index (χ3n) is 4.80. The monoisotopic (exact) mass is 400 g/mol. The molecule has 0 aliphatic carbocycles. The molecule has 1 heterocycles. The molecule has 0 atom stereocenters. The molecule has 8 heteroatoms. The number of non-ortho nitro benzene ring substituents is 1. The average molecular weight is 401 g/mol. The minimum Gasteiger partial charge on any atom is -0.299 e. The van der Waals surface area contributed by atoms with Crippen LogP contribution in [-0.4, -0.2) is 35.0 Å². The topological polar surface area (TPSA) is 87.8 Å². The highest BCUT2D eigenvalue weighted by Gasteiger charge is 2.24. The van der Waals surface area contributed by atoms with E-state index in [1.165, 1.54) is 12.1 Å². The summed E-state index contributed by atoms with van der Waals surface area (Å²) < 4.78 is 0. The number of likely N-dealkylation sites (tertiary alicyclic amines) is 1. The van der Waals surface area contributed by atoms with Gasteiger partial charge in [-0.25, -0.2) is 5.43 Å². The van der Waals surface area contributed by atoms with Crippen molar-refractivity contribution in [3.8, 4) is 0 Å². The van der Waals surface area contributed by atoms with Gasteiger partial charge in [-0.3, -0.25) is 19.8 Å². The Balaban J connectivity index is 1.45. The second-order valence-electron chi connectivity index (χ2n) is 6.73. The highest BCUT2D eigenvalue weighted by atomic mass is 35.5. The third-order valence-corrected chi connectivity index (χ3v) is 5.14. The molecule has 7 nitrogen and oxygen atoms in total. The molecule has 1 aliphatic heterocycles. The van der Waals surface area contributed by atoms with Crippen LogP contribution in [0.25, 0.3) is 0 Å². The lowest BCUT2D eigenvalue weighted by atomic mass is 9.96. The Kier molecular flexibility index (Phi) is 6.73. The van der Waals surface area contributed by atoms with Crippen LogP contribution in [-0.2, 0) is 11.3 Å². The van der Waals surface area contributed by atoms with Gasteiger partial charge in [0.05, 0.1) is 11.1 Å². The molecule has 0 spiro atoms. The van der Waals surface area contributed by atoms with E-state index in [0.717, 1.165) is 43.6 Å². The van der Waals surface area contributed by atoms with Crippen molar-refractivity contribution in [2.45, 2.75) is 19.4 Å². The van der Waals surface area contributed by atoms with Gasteiger partial charge in [0.25, 0.3) is 5.69 Å². The first-order valence-electron chi connectivity index (χ1n) is 9.06. The van der Waals surface area contributed by atoms with Crippen LogP contribution in [0.4, 0.5) is 5.69 Å². The number of carbonyl (C=O) groups excluding carboxylic acids is 1. The number of hydrazone groups is 1. The zero-order chi connectivity index (χ0) is 19.9. The van der Waals surface area contributed by atoms with Crippen molar-refractivity contribution >= 4 is 29.4 Å². The number of halogens is 1. The second kappa shape index (κ2) is 9.43. The van der Waals surface area contributed by atoms with Gasteiger partial charge in [0.15, 0.2) is 0 Å². The van der Waals surface area contributed by atoms with Crippen molar-refractivity contribution in [3.63, 3.8) is 0 Å². The molecule has 0 unspecified atom stereocenters. The van der Waals surface area contributed by atoms with Crippen LogP contribution in [0, 0.1) is 16.0 Å². The van der Waals surface area contributed by atoms with Crippen LogP contribution < -0.4 is 5.43 Å². The van der Waals surface area contributed by atoms with E-state index < -0.39 is 4.92 Å². The first-order chi connectivity index (χ1) is 13.5. The van der Waals surface area contributed by atoms with Gasteiger partial charge in [-0.2, -0.15) is 5.10 Å². The standard InChI is InChI=1S/C20H21ClN4O3/c21-19-4-2-1-3-17(19)13-22-23-20(26)16-9-11-24(12-10-16)14-15-5-7-18(8-6-15)25(27)28/h1-8,13,16H,9-12,14H2,(H,23,26)/b22-13-. The number of amides is 1. The number of nitrogens with one attached hydrogen (secondary N) is 1. The van der Waals surface area contributed by atoms with E-state index >= 15 is 0 Å². The van der Waals surface area contributed by atoms with Gasteiger partial charge in [0.1, 0.15) is 0 Å². The summed E-state index contributed by atoms with van der Waals surface area (Å²) in [6.45, 7) is 2.31. The minimum absolute atomic E-state index is 0.0727. The van der Waals surface area contributed by atoms with E-state index in [2.05, 4.69) is 15.4 Å². The lowest BCUT2D eigenvalue weighted by molar-refractivity contribution is -0.384. The Bertz CT molecular complexity index is 862. The highest BCUT2D eigenvalue weighted by Crippen LogP contribution is 2.20. The maximum Gasteiger partial charge on any atom is 0.269 e. The molecule has 2 aromatic rings. The van der Waals surface area contributed by atoms with E-state index in [1.54, 1.807) is 24.4 Å². The number of benzene rings is 2. The van der Waals surface area contributed by atoms with E-state index in [0.29, 0.717) is 5.02 Å². The lowest BCUT2D eigenvalue weighted by Crippen LogP contribution is -2.39. The fourth-order valence-electron chi connectivity index (χ4n) is 3.17. The summed E-state index contributed by atoms with van der Waals surface area (Å²) in [5.74, 6) is -0.158. The van der Waals surface area contributed by atoms with Gasteiger partial charge in [0, 0.05) is 35.2 Å². The van der Waals surface area contributed by atoms with Crippen molar-refractivity contribution < 1.29 is 9.72 Å². The van der Waals surface area contributed by atoms with Gasteiger partial charge in [-0.1, -0.05) is 41.9 Å². The molecule has 1 saturated heterocycles. The number of piperidine rings is 1. The van der Waals surface area contributed by atoms with Crippen molar-refractivity contribution in [1.29, 1.82) is 0 Å². The molecule has 0 aromatic heterocycles. The summed E-state index contributed by atoms with van der Waals surface area (Å²) in [5.41, 5.74) is 4.47. The molecule has 0 saturated carbocycles. The van der Waals surface area contributed by atoms with Gasteiger partial charge < -0.3 is 0 Å². The first kappa shape index (κ1) is 20.0. The van der Waals surface area contributed by atoms with Crippen molar-refractivity contribution in [2.75, 3.05) is 13.1 Å². The number of rotatable bonds is 6. The summed E-state index contributed by atoms with van der Waals surface area (Å²) in [5, 5.41) is 15.3. The number of nitro benzene ring substituents is 1. The molecule has 1 N–H and O–H groups in total. The molecular formula is C20H21ClN4O3. The molecule has 28 heavy (non-hydrogen) atoms. The Hall–Kier alpha value is -2.77. The minimum atomic E-state index is -0.401. The highest BCUT2D eigenvalue weighted by molar-refractivity contribution is 6.33. The summed E-state index contributed by atoms with van der Waals surface area (Å²) in [4.78, 5) is 24.9. The Morgan fingerprint density at radius 2 is 1.89 bits per heavy atom. The summed E-state index contributed by atoms with van der Waals surface area (Å²) in [6.07, 6.45) is 3.05. The summed E-state index contributed by atoms with van der Waals surface area (Å²) in [6, 6.07) is 13.9. The normalized spacial score (nSPS) is 15.6. The largest absolute Gasteiger partial charge is 0.299 e. The smallest absolute Gasteiger partial charge is 0.269 e. The van der Waals surface area contributed by atoms with Crippen molar-refractivity contribution in [1.82, 2.24) is 10.3 Å². The first-order valence-corrected chi connectivity index (χ1v) is 9.44. The zero-order valence-electron chi connectivity index (χ0n) is 15.3. The van der Waals surface area contributed by atoms with E-state index in [9.17, 15) is 14.9 Å². The maximum absolute atomic E-state index is 12.3. The fourth-order valence-corrected chi connectivity index (χ4v) is 3.36. The van der Waals surface area contributed by atoms with Gasteiger partial charge in [0.2, 0.25) is 5.91 Å². The second-order valence-corrected chi connectivity index (χ2v) is 7.14. The van der Waals surface area contributed by atoms with E-state index in [1.807, 2.05) is 18.2 Å². The zero-order valence-corrected chi connectivity index (χ0v) is 16.0. The van der Waals surface area contributed by atoms with Crippen LogP contribution in [0.2, 0.25) is 5.02 Å². The fraction of sp³-hybridized carbons (Fsp3) is 0.300. The van der Waals surface area contributed by atoms with Crippen LogP contribution in [0.3, 0.4) is 0 Å². The summed E-state index contributed by atoms with van der Waals surface area (Å²) in [7, 11) is 0. The van der Waals surface area contributed by atoms with E-state index in [-0.39, 0.29) is 17.5 Å². The van der Waals surface area contributed by atoms with Crippen LogP contribution in [0.1, 0.15) is 24.0 Å². The van der Waals surface area contributed by atoms with Gasteiger partial charge >= 0.3 is 0 Å². The molecule has 1 fully saturated rings. The molecule has 0 bridgehead atoms. The Morgan fingerprint density at radius 1 is 1.21 bits per heavy atom. The quantitative estimate of drug-likeness (QED) is 0.455. The van der Waals surface area contributed by atoms with Gasteiger partial charge in [-0.05, 0) is 37.6 Å². The number of nitro groups is 1. The van der Waals surface area contributed by atoms with Crippen LogP contribution in [0.15, 0.2) is 53.6 Å². The van der Waals surface area contributed by atoms with Crippen LogP contribution in [0.5, 0.6) is 0 Å². The van der Waals surface area contributed by atoms with Crippen LogP contribution >= 0.6 is 11.6 Å². The SMILES string of the molecule is O=C(N/N=C\c1ccccc1Cl)C1CCN(Cc2ccc([N+](=O)[O-])cc2)CC1. The number of nitrogens with zero attached hydrogens (tertiary/aromatic N) is 3. The summed E-state index contributed by atoms with van der Waals surface area (Å²) >= 11 is 6.05. The molecule has 0 radical (unpaired) electrons. The number of carbonyl (C=O) groups is 1. The predicted octanol–water partition coefficient (Wildman–Crippen LogP) is 3.61.